The number of aryl methyl sites for hydroxylation is 1. The van der Waals surface area contributed by atoms with Gasteiger partial charge >= 0.3 is 5.97 Å². The van der Waals surface area contributed by atoms with Crippen LogP contribution >= 0.6 is 24.0 Å². The van der Waals surface area contributed by atoms with E-state index in [-0.39, 0.29) is 11.9 Å². The summed E-state index contributed by atoms with van der Waals surface area (Å²) in [6.07, 6.45) is 6.08. The summed E-state index contributed by atoms with van der Waals surface area (Å²) in [5.74, 6) is 0.462. The van der Waals surface area contributed by atoms with Gasteiger partial charge in [0.15, 0.2) is 0 Å². The van der Waals surface area contributed by atoms with Crippen molar-refractivity contribution in [3.8, 4) is 0 Å². The molecule has 1 aliphatic rings. The van der Waals surface area contributed by atoms with Gasteiger partial charge in [0.05, 0.1) is 12.1 Å². The van der Waals surface area contributed by atoms with Crippen LogP contribution in [0.15, 0.2) is 71.8 Å². The molecule has 2 atom stereocenters. The molecule has 2 aromatic rings. The number of ether oxygens (including phenoxy) is 1. The Kier molecular flexibility index (Phi) is 7.90. The second kappa shape index (κ2) is 10.6. The number of hydrogen-bond acceptors (Lipinski definition) is 4. The average Bonchev–Trinajstić information content (AvgIpc) is 2.74. The summed E-state index contributed by atoms with van der Waals surface area (Å²) < 4.78 is 5.08. The largest absolute Gasteiger partial charge is 0.468 e. The molecule has 0 bridgehead atoms. The number of rotatable bonds is 8. The summed E-state index contributed by atoms with van der Waals surface area (Å²) in [5.41, 5.74) is 2.44. The second-order valence-electron chi connectivity index (χ2n) is 7.26. The van der Waals surface area contributed by atoms with Crippen LogP contribution in [0.25, 0.3) is 0 Å². The van der Waals surface area contributed by atoms with Gasteiger partial charge in [0.25, 0.3) is 0 Å². The lowest BCUT2D eigenvalue weighted by atomic mass is 9.85. The number of thioether (sulfide) groups is 1. The zero-order chi connectivity index (χ0) is 20.6. The van der Waals surface area contributed by atoms with Crippen molar-refractivity contribution in [2.24, 2.45) is 11.8 Å². The number of thiocarbonyl (C=S) groups is 1. The van der Waals surface area contributed by atoms with Gasteiger partial charge in [0.1, 0.15) is 5.92 Å². The van der Waals surface area contributed by atoms with E-state index in [0.29, 0.717) is 11.5 Å². The first-order valence-electron chi connectivity index (χ1n) is 9.88. The van der Waals surface area contributed by atoms with E-state index in [2.05, 4.69) is 49.4 Å². The molecule has 2 aromatic carbocycles. The third kappa shape index (κ3) is 5.94. The van der Waals surface area contributed by atoms with Crippen molar-refractivity contribution < 1.29 is 9.53 Å². The van der Waals surface area contributed by atoms with Gasteiger partial charge in [0.2, 0.25) is 0 Å². The van der Waals surface area contributed by atoms with Crippen molar-refractivity contribution in [3.63, 3.8) is 0 Å². The predicted molar refractivity (Wildman–Crippen MR) is 124 cm³/mol. The van der Waals surface area contributed by atoms with Gasteiger partial charge in [-0.25, -0.2) is 0 Å². The average molecular weight is 426 g/mol. The highest BCUT2D eigenvalue weighted by Gasteiger charge is 2.36. The van der Waals surface area contributed by atoms with E-state index >= 15 is 0 Å². The fourth-order valence-corrected chi connectivity index (χ4v) is 4.75. The molecule has 3 rings (SSSR count). The van der Waals surface area contributed by atoms with Crippen LogP contribution in [0, 0.1) is 18.8 Å². The summed E-state index contributed by atoms with van der Waals surface area (Å²) in [7, 11) is 1.44. The molecule has 0 unspecified atom stereocenters. The summed E-state index contributed by atoms with van der Waals surface area (Å²) in [4.78, 5) is 16.4. The first-order chi connectivity index (χ1) is 14.1. The molecule has 0 saturated carbocycles. The molecule has 5 heteroatoms. The van der Waals surface area contributed by atoms with Gasteiger partial charge in [-0.2, -0.15) is 0 Å². The highest BCUT2D eigenvalue weighted by molar-refractivity contribution is 7.99. The van der Waals surface area contributed by atoms with E-state index in [9.17, 15) is 4.79 Å². The molecule has 0 spiro atoms. The summed E-state index contributed by atoms with van der Waals surface area (Å²) in [6.45, 7) is 2.76. The Labute approximate surface area is 183 Å². The van der Waals surface area contributed by atoms with Gasteiger partial charge in [-0.05, 0) is 49.1 Å². The Morgan fingerprint density at radius 1 is 1.14 bits per heavy atom. The molecule has 0 saturated heterocycles. The van der Waals surface area contributed by atoms with E-state index in [1.807, 2.05) is 41.1 Å². The fraction of sp³-hybridized carbons (Fsp3) is 0.333. The van der Waals surface area contributed by atoms with Crippen LogP contribution in [0.4, 0.5) is 0 Å². The zero-order valence-electron chi connectivity index (χ0n) is 16.9. The van der Waals surface area contributed by atoms with Crippen LogP contribution in [0.3, 0.4) is 0 Å². The lowest BCUT2D eigenvalue weighted by Crippen LogP contribution is -2.42. The Morgan fingerprint density at radius 2 is 1.86 bits per heavy atom. The molecule has 29 heavy (non-hydrogen) atoms. The molecule has 152 valence electrons. The SMILES string of the molecule is COC(=O)[C@@H]1C(=S)N(Cc2ccccc2)C=C[C@H]1CCCSc1ccc(C)cc1. The van der Waals surface area contributed by atoms with Gasteiger partial charge in [-0.15, -0.1) is 11.8 Å². The standard InChI is InChI=1S/C24H27NO2S2/c1-18-10-12-21(13-11-18)29-16-6-9-20-14-15-25(17-19-7-4-3-5-8-19)23(28)22(20)24(26)27-2/h3-5,7-8,10-15,20,22H,6,9,16-17H2,1-2H3/t20-,22+/m1/s1. The van der Waals surface area contributed by atoms with Crippen LogP contribution < -0.4 is 0 Å². The van der Waals surface area contributed by atoms with E-state index in [1.165, 1.54) is 17.6 Å². The molecule has 0 amide bonds. The summed E-state index contributed by atoms with van der Waals surface area (Å²) >= 11 is 7.56. The Bertz CT molecular complexity index is 849. The Balaban J connectivity index is 1.60. The quantitative estimate of drug-likeness (QED) is 0.237. The Morgan fingerprint density at radius 3 is 2.55 bits per heavy atom. The number of benzene rings is 2. The third-order valence-corrected chi connectivity index (χ3v) is 6.70. The molecule has 1 heterocycles. The molecule has 3 nitrogen and oxygen atoms in total. The highest BCUT2D eigenvalue weighted by Crippen LogP contribution is 2.31. The van der Waals surface area contributed by atoms with Crippen molar-refractivity contribution in [1.82, 2.24) is 4.90 Å². The minimum Gasteiger partial charge on any atom is -0.468 e. The van der Waals surface area contributed by atoms with E-state index in [0.717, 1.165) is 24.2 Å². The number of allylic oxidation sites excluding steroid dienone is 1. The van der Waals surface area contributed by atoms with Crippen LogP contribution in [-0.4, -0.2) is 28.7 Å². The first kappa shape index (κ1) is 21.6. The maximum absolute atomic E-state index is 12.5. The molecule has 1 aliphatic heterocycles. The van der Waals surface area contributed by atoms with E-state index in [4.69, 9.17) is 17.0 Å². The van der Waals surface area contributed by atoms with Crippen molar-refractivity contribution in [3.05, 3.63) is 78.0 Å². The van der Waals surface area contributed by atoms with Crippen LogP contribution in [0.5, 0.6) is 0 Å². The van der Waals surface area contributed by atoms with E-state index < -0.39 is 5.92 Å². The van der Waals surface area contributed by atoms with Gasteiger partial charge in [-0.3, -0.25) is 4.79 Å². The molecule has 0 aromatic heterocycles. The van der Waals surface area contributed by atoms with E-state index in [1.54, 1.807) is 0 Å². The lowest BCUT2D eigenvalue weighted by Gasteiger charge is -2.34. The number of carbonyl (C=O) groups excluding carboxylic acids is 1. The summed E-state index contributed by atoms with van der Waals surface area (Å²) in [6, 6.07) is 18.8. The molecule has 0 fully saturated rings. The Hall–Kier alpha value is -2.11. The number of nitrogens with zero attached hydrogens (tertiary/aromatic N) is 1. The number of methoxy groups -OCH3 is 1. The number of esters is 1. The second-order valence-corrected chi connectivity index (χ2v) is 8.85. The zero-order valence-corrected chi connectivity index (χ0v) is 18.5. The normalized spacial score (nSPS) is 18.7. The predicted octanol–water partition coefficient (Wildman–Crippen LogP) is 5.63. The smallest absolute Gasteiger partial charge is 0.316 e. The van der Waals surface area contributed by atoms with Gasteiger partial charge in [-0.1, -0.05) is 66.3 Å². The van der Waals surface area contributed by atoms with Crippen molar-refractivity contribution in [1.29, 1.82) is 0 Å². The maximum Gasteiger partial charge on any atom is 0.316 e. The molecule has 0 N–H and O–H groups in total. The molecule has 0 radical (unpaired) electrons. The minimum atomic E-state index is -0.395. The van der Waals surface area contributed by atoms with Gasteiger partial charge in [0, 0.05) is 17.6 Å². The number of hydrogen-bond donors (Lipinski definition) is 0. The first-order valence-corrected chi connectivity index (χ1v) is 11.3. The summed E-state index contributed by atoms with van der Waals surface area (Å²) in [5, 5.41) is 0. The third-order valence-electron chi connectivity index (χ3n) is 5.11. The topological polar surface area (TPSA) is 29.5 Å². The number of carbonyl (C=O) groups is 1. The van der Waals surface area contributed by atoms with Crippen LogP contribution in [-0.2, 0) is 16.1 Å². The van der Waals surface area contributed by atoms with Crippen LogP contribution in [0.2, 0.25) is 0 Å². The van der Waals surface area contributed by atoms with Crippen molar-refractivity contribution in [2.75, 3.05) is 12.9 Å². The fourth-order valence-electron chi connectivity index (χ4n) is 3.48. The lowest BCUT2D eigenvalue weighted by molar-refractivity contribution is -0.144. The maximum atomic E-state index is 12.5. The molecular weight excluding hydrogens is 398 g/mol. The molecule has 0 aliphatic carbocycles. The highest BCUT2D eigenvalue weighted by atomic mass is 32.2. The van der Waals surface area contributed by atoms with Crippen molar-refractivity contribution >= 4 is 34.9 Å². The molecular formula is C24H27NO2S2. The minimum absolute atomic E-state index is 0.0839. The monoisotopic (exact) mass is 425 g/mol. The van der Waals surface area contributed by atoms with Gasteiger partial charge < -0.3 is 9.64 Å². The van der Waals surface area contributed by atoms with Crippen LogP contribution in [0.1, 0.15) is 24.0 Å². The van der Waals surface area contributed by atoms with Crippen molar-refractivity contribution in [2.45, 2.75) is 31.2 Å².